The van der Waals surface area contributed by atoms with Crippen LogP contribution in [0.15, 0.2) is 240 Å². The maximum absolute atomic E-state index is 15.5. The Bertz CT molecular complexity index is 3390. The second-order valence-electron chi connectivity index (χ2n) is 21.5. The quantitative estimate of drug-likeness (QED) is 0.0178. The maximum Gasteiger partial charge on any atom is 0.355 e. The zero-order valence-corrected chi connectivity index (χ0v) is 49.3. The number of esters is 1. The van der Waals surface area contributed by atoms with Gasteiger partial charge < -0.3 is 29.4 Å². The smallest absolute Gasteiger partial charge is 0.355 e. The van der Waals surface area contributed by atoms with Crippen molar-refractivity contribution in [1.29, 1.82) is 0 Å². The fourth-order valence-corrected chi connectivity index (χ4v) is 13.0. The molecule has 1 saturated heterocycles. The van der Waals surface area contributed by atoms with Crippen LogP contribution in [0.25, 0.3) is 0 Å². The molecule has 0 saturated carbocycles. The van der Waals surface area contributed by atoms with Crippen molar-refractivity contribution in [2.45, 2.75) is 68.1 Å². The molecule has 1 aromatic heterocycles. The molecule has 8 aromatic rings. The zero-order chi connectivity index (χ0) is 57.3. The minimum absolute atomic E-state index is 0.00286. The van der Waals surface area contributed by atoms with E-state index in [1.54, 1.807) is 24.6 Å². The van der Waals surface area contributed by atoms with E-state index in [1.165, 1.54) is 28.0 Å². The van der Waals surface area contributed by atoms with E-state index < -0.39 is 48.7 Å². The first-order chi connectivity index (χ1) is 39.7. The molecule has 3 heterocycles. The summed E-state index contributed by atoms with van der Waals surface area (Å²) in [5.41, 5.74) is 4.34. The van der Waals surface area contributed by atoms with E-state index in [4.69, 9.17) is 28.9 Å². The Balaban J connectivity index is 1.03. The van der Waals surface area contributed by atoms with Crippen LogP contribution in [0.1, 0.15) is 65.4 Å². The molecule has 10 rings (SSSR count). The minimum Gasteiger partial charge on any atom is -0.497 e. The van der Waals surface area contributed by atoms with E-state index in [2.05, 4.69) is 80.9 Å². The summed E-state index contributed by atoms with van der Waals surface area (Å²) in [6.45, 7) is 11.2. The number of hydrogen-bond donors (Lipinski definition) is 2. The molecule has 12 nitrogen and oxygen atoms in total. The van der Waals surface area contributed by atoms with E-state index in [9.17, 15) is 9.59 Å². The van der Waals surface area contributed by atoms with Gasteiger partial charge in [-0.05, 0) is 58.1 Å². The molecular formula is C67H65N5O7S2Si. The van der Waals surface area contributed by atoms with E-state index in [0.717, 1.165) is 38.9 Å². The van der Waals surface area contributed by atoms with Crippen LogP contribution < -0.4 is 15.4 Å². The predicted octanol–water partition coefficient (Wildman–Crippen LogP) is 13.2. The number of allylic oxidation sites excluding steroid dienone is 1. The zero-order valence-electron chi connectivity index (χ0n) is 46.7. The molecule has 0 aliphatic carbocycles. The third-order valence-corrected chi connectivity index (χ3v) is 21.9. The number of benzene rings is 7. The molecule has 0 radical (unpaired) electrons. The number of oxime groups is 1. The lowest BCUT2D eigenvalue weighted by Crippen LogP contribution is -2.71. The normalized spacial score (nSPS) is 15.8. The summed E-state index contributed by atoms with van der Waals surface area (Å²) >= 11 is 2.75. The molecule has 7 aromatic carbocycles. The van der Waals surface area contributed by atoms with Crippen molar-refractivity contribution >= 4 is 60.0 Å². The van der Waals surface area contributed by atoms with Crippen LogP contribution in [0.4, 0.5) is 5.13 Å². The molecule has 2 aliphatic rings. The second kappa shape index (κ2) is 24.8. The van der Waals surface area contributed by atoms with Crippen LogP contribution in [0, 0.1) is 0 Å². The van der Waals surface area contributed by atoms with Gasteiger partial charge in [-0.25, -0.2) is 9.78 Å². The number of nitrogens with zero attached hydrogens (tertiary/aromatic N) is 3. The minimum atomic E-state index is -2.10. The topological polar surface area (TPSA) is 141 Å². The lowest BCUT2D eigenvalue weighted by Gasteiger charge is -2.49. The number of thioether (sulfide) groups is 1. The lowest BCUT2D eigenvalue weighted by atomic mass is 9.77. The summed E-state index contributed by atoms with van der Waals surface area (Å²) in [5.74, 6) is -0.854. The van der Waals surface area contributed by atoms with Crippen molar-refractivity contribution in [1.82, 2.24) is 15.2 Å². The summed E-state index contributed by atoms with van der Waals surface area (Å²) in [6.07, 6.45) is 3.73. The Morgan fingerprint density at radius 3 is 1.67 bits per heavy atom. The highest BCUT2D eigenvalue weighted by atomic mass is 32.2. The second-order valence-corrected chi connectivity index (χ2v) is 28.2. The van der Waals surface area contributed by atoms with Gasteiger partial charge in [-0.15, -0.1) is 23.1 Å². The largest absolute Gasteiger partial charge is 0.497 e. The monoisotopic (exact) mass is 1140 g/mol. The number of rotatable bonds is 21. The first-order valence-electron chi connectivity index (χ1n) is 27.2. The highest BCUT2D eigenvalue weighted by Gasteiger charge is 2.55. The Morgan fingerprint density at radius 2 is 1.20 bits per heavy atom. The number of fused-ring (bicyclic) bond motifs is 1. The van der Waals surface area contributed by atoms with Crippen molar-refractivity contribution in [2.24, 2.45) is 5.16 Å². The highest BCUT2D eigenvalue weighted by molar-refractivity contribution is 8.00. The van der Waals surface area contributed by atoms with Crippen LogP contribution in [-0.2, 0) is 46.1 Å². The van der Waals surface area contributed by atoms with Gasteiger partial charge >= 0.3 is 5.97 Å². The predicted molar refractivity (Wildman–Crippen MR) is 329 cm³/mol. The first-order valence-corrected chi connectivity index (χ1v) is 32.0. The van der Waals surface area contributed by atoms with Gasteiger partial charge in [0.1, 0.15) is 40.7 Å². The standard InChI is InChI=1S/C67H65N5O7S2Si/c1-65(2,3)82(5,6)78-43-25-26-48-45-80-62-58(61(74)72(62)59(48)63(75)77-44-47-39-41-55(76-4)42-40-47)69-60(73)57(71-79-67(52-33-19-10-20-34-52,53-35-21-11-22-36-53)54-37-23-12-24-38-54)56-46-81-64(68-56)70-66(49-27-13-7-14-28-49,50-29-15-8-16-30-50)51-31-17-9-18-32-51/h7-42,46,58,62H,43-45H2,1-6H3,(H,68,70)(H,69,73)/b26-25-,71-57-/t58?,62-/m0/s1. The number of amides is 2. The number of anilines is 1. The molecule has 2 aliphatic heterocycles. The number of methoxy groups -OCH3 is 1. The molecule has 0 spiro atoms. The molecule has 1 unspecified atom stereocenters. The highest BCUT2D eigenvalue weighted by Crippen LogP contribution is 2.45. The van der Waals surface area contributed by atoms with Crippen molar-refractivity contribution in [3.63, 3.8) is 0 Å². The van der Waals surface area contributed by atoms with Gasteiger partial charge in [-0.3, -0.25) is 14.5 Å². The molecule has 0 bridgehead atoms. The summed E-state index contributed by atoms with van der Waals surface area (Å²) in [7, 11) is -0.509. The summed E-state index contributed by atoms with van der Waals surface area (Å²) in [5, 5.41) is 13.4. The van der Waals surface area contributed by atoms with E-state index in [-0.39, 0.29) is 28.7 Å². The van der Waals surface area contributed by atoms with Crippen molar-refractivity contribution < 1.29 is 33.1 Å². The average molecular weight is 1140 g/mol. The molecule has 1 fully saturated rings. The third kappa shape index (κ3) is 11.7. The van der Waals surface area contributed by atoms with E-state index >= 15 is 4.79 Å². The number of ether oxygens (including phenoxy) is 2. The number of aromatic nitrogens is 1. The fourth-order valence-electron chi connectivity index (χ4n) is 9.95. The summed E-state index contributed by atoms with van der Waals surface area (Å²) in [4.78, 5) is 58.3. The Kier molecular flexibility index (Phi) is 17.2. The summed E-state index contributed by atoms with van der Waals surface area (Å²) in [6, 6.07) is 65.9. The first kappa shape index (κ1) is 56.9. The summed E-state index contributed by atoms with van der Waals surface area (Å²) < 4.78 is 17.7. The van der Waals surface area contributed by atoms with E-state index in [1.807, 2.05) is 170 Å². The molecular weight excluding hydrogens is 1080 g/mol. The molecule has 2 amide bonds. The number of β-lactam (4-membered cyclic amide) rings is 1. The molecule has 15 heteroatoms. The van der Waals surface area contributed by atoms with Crippen LogP contribution in [0.2, 0.25) is 18.1 Å². The average Bonchev–Trinajstić information content (AvgIpc) is 3.54. The van der Waals surface area contributed by atoms with Crippen molar-refractivity contribution in [2.75, 3.05) is 24.8 Å². The number of thiazole rings is 1. The molecule has 2 atom stereocenters. The maximum atomic E-state index is 15.5. The Labute approximate surface area is 489 Å². The van der Waals surface area contributed by atoms with E-state index in [0.29, 0.717) is 28.8 Å². The number of carbonyl (C=O) groups excluding carboxylic acids is 3. The van der Waals surface area contributed by atoms with Crippen LogP contribution in [0.5, 0.6) is 5.75 Å². The Hall–Kier alpha value is -8.34. The number of carbonyl (C=O) groups is 3. The van der Waals surface area contributed by atoms with Crippen LogP contribution in [0.3, 0.4) is 0 Å². The van der Waals surface area contributed by atoms with Gasteiger partial charge in [0.15, 0.2) is 19.2 Å². The SMILES string of the molecule is COc1ccc(COC(=O)C2=C(/C=C\CO[Si](C)(C)C(C)(C)C)CS[C@H]3C(NC(=O)/C(=N\OC(c4ccccc4)(c4ccccc4)c4ccccc4)c4csc(NC(c5ccccc5)(c5ccccc5)c5ccccc5)n4)C(=O)N23)cc1. The van der Waals surface area contributed by atoms with Gasteiger partial charge in [-0.1, -0.05) is 232 Å². The van der Waals surface area contributed by atoms with Gasteiger partial charge in [0.2, 0.25) is 5.60 Å². The third-order valence-electron chi connectivity index (χ3n) is 15.4. The van der Waals surface area contributed by atoms with Gasteiger partial charge in [-0.2, -0.15) is 0 Å². The number of nitrogens with one attached hydrogen (secondary N) is 2. The van der Waals surface area contributed by atoms with Crippen LogP contribution in [-0.4, -0.2) is 72.6 Å². The Morgan fingerprint density at radius 1 is 0.707 bits per heavy atom. The number of hydrogen-bond acceptors (Lipinski definition) is 12. The lowest BCUT2D eigenvalue weighted by molar-refractivity contribution is -0.153. The molecule has 82 heavy (non-hydrogen) atoms. The van der Waals surface area contributed by atoms with Crippen molar-refractivity contribution in [3.05, 3.63) is 280 Å². The van der Waals surface area contributed by atoms with Crippen LogP contribution >= 0.6 is 23.1 Å². The van der Waals surface area contributed by atoms with Gasteiger partial charge in [0.25, 0.3) is 11.8 Å². The fraction of sp³-hybridized carbons (Fsp3) is 0.209. The molecule has 416 valence electrons. The van der Waals surface area contributed by atoms with Crippen molar-refractivity contribution in [3.8, 4) is 5.75 Å². The van der Waals surface area contributed by atoms with Gasteiger partial charge in [0, 0.05) is 27.8 Å². The molecule has 2 N–H and O–H groups in total. The van der Waals surface area contributed by atoms with Gasteiger partial charge in [0.05, 0.1) is 13.7 Å².